The fourth-order valence-electron chi connectivity index (χ4n) is 0.359. The van der Waals surface area contributed by atoms with E-state index in [0.29, 0.717) is 0 Å². The second kappa shape index (κ2) is 5.70. The zero-order chi connectivity index (χ0) is 5.54. The van der Waals surface area contributed by atoms with Gasteiger partial charge in [0.25, 0.3) is 0 Å². The highest BCUT2D eigenvalue weighted by atomic mass is 16.2. The van der Waals surface area contributed by atoms with Gasteiger partial charge in [0.1, 0.15) is 0 Å². The molecule has 0 heterocycles. The molecule has 0 bridgehead atoms. The van der Waals surface area contributed by atoms with Gasteiger partial charge in [0.05, 0.1) is 6.61 Å². The lowest BCUT2D eigenvalue weighted by molar-refractivity contribution is 0.342. The summed E-state index contributed by atoms with van der Waals surface area (Å²) >= 11 is 0. The molecule has 1 heteroatoms. The Morgan fingerprint density at radius 1 is 1.43 bits per heavy atom. The molecule has 0 aliphatic carbocycles. The van der Waals surface area contributed by atoms with E-state index in [1.54, 1.807) is 6.08 Å². The maximum Gasteiger partial charge on any atom is 0.0612 e. The molecule has 0 amide bonds. The Bertz CT molecular complexity index is 48.1. The van der Waals surface area contributed by atoms with Crippen LogP contribution >= 0.6 is 0 Å². The van der Waals surface area contributed by atoms with Gasteiger partial charge in [-0.15, -0.1) is 0 Å². The summed E-state index contributed by atoms with van der Waals surface area (Å²) in [6.07, 6.45) is 6.00. The summed E-state index contributed by atoms with van der Waals surface area (Å²) in [5, 5.41) is 8.21. The quantitative estimate of drug-likeness (QED) is 0.530. The van der Waals surface area contributed by atoms with Gasteiger partial charge >= 0.3 is 0 Å². The van der Waals surface area contributed by atoms with Gasteiger partial charge in [0.2, 0.25) is 0 Å². The summed E-state index contributed by atoms with van der Waals surface area (Å²) in [5.74, 6) is 0. The minimum absolute atomic E-state index is 0.181. The van der Waals surface area contributed by atoms with Crippen LogP contribution in [0.4, 0.5) is 0 Å². The van der Waals surface area contributed by atoms with Gasteiger partial charge in [0.15, 0.2) is 0 Å². The van der Waals surface area contributed by atoms with Gasteiger partial charge < -0.3 is 5.11 Å². The lowest BCUT2D eigenvalue weighted by Crippen LogP contribution is -1.69. The third-order valence-electron chi connectivity index (χ3n) is 0.727. The molecular weight excluding hydrogens is 88.1 g/mol. The van der Waals surface area contributed by atoms with Crippen LogP contribution in [0.15, 0.2) is 12.2 Å². The summed E-state index contributed by atoms with van der Waals surface area (Å²) in [4.78, 5) is 0. The second-order valence-electron chi connectivity index (χ2n) is 1.44. The third-order valence-corrected chi connectivity index (χ3v) is 0.727. The molecule has 0 unspecified atom stereocenters. The molecule has 0 aromatic heterocycles. The van der Waals surface area contributed by atoms with Crippen molar-refractivity contribution in [3.05, 3.63) is 12.2 Å². The molecule has 1 N–H and O–H groups in total. The van der Waals surface area contributed by atoms with Crippen LogP contribution in [0.25, 0.3) is 0 Å². The predicted octanol–water partition coefficient (Wildman–Crippen LogP) is 1.33. The van der Waals surface area contributed by atoms with Crippen LogP contribution in [0.3, 0.4) is 0 Å². The first-order valence-electron chi connectivity index (χ1n) is 2.67. The van der Waals surface area contributed by atoms with E-state index >= 15 is 0 Å². The number of rotatable bonds is 3. The molecule has 0 radical (unpaired) electrons. The first-order chi connectivity index (χ1) is 3.41. The molecule has 0 rings (SSSR count). The largest absolute Gasteiger partial charge is 0.392 e. The minimum atomic E-state index is 0.181. The van der Waals surface area contributed by atoms with E-state index in [1.165, 1.54) is 0 Å². The first-order valence-corrected chi connectivity index (χ1v) is 2.67. The highest BCUT2D eigenvalue weighted by molar-refractivity contribution is 4.79. The SMILES string of the molecule is CCCC=CCO. The van der Waals surface area contributed by atoms with E-state index in [-0.39, 0.29) is 6.61 Å². The highest BCUT2D eigenvalue weighted by Crippen LogP contribution is 1.85. The number of unbranched alkanes of at least 4 members (excludes halogenated alkanes) is 1. The molecule has 7 heavy (non-hydrogen) atoms. The first kappa shape index (κ1) is 6.70. The van der Waals surface area contributed by atoms with Crippen LogP contribution in [-0.2, 0) is 0 Å². The van der Waals surface area contributed by atoms with Crippen molar-refractivity contribution in [2.45, 2.75) is 19.8 Å². The monoisotopic (exact) mass is 100 g/mol. The Kier molecular flexibility index (Phi) is 5.46. The number of allylic oxidation sites excluding steroid dienone is 1. The third kappa shape index (κ3) is 5.70. The molecule has 0 aliphatic heterocycles. The number of hydrogen-bond acceptors (Lipinski definition) is 1. The van der Waals surface area contributed by atoms with E-state index < -0.39 is 0 Å². The molecule has 0 aromatic rings. The van der Waals surface area contributed by atoms with Crippen LogP contribution < -0.4 is 0 Å². The van der Waals surface area contributed by atoms with Crippen LogP contribution in [0.2, 0.25) is 0 Å². The van der Waals surface area contributed by atoms with E-state index in [9.17, 15) is 0 Å². The molecule has 0 fully saturated rings. The van der Waals surface area contributed by atoms with Gasteiger partial charge in [-0.1, -0.05) is 25.5 Å². The Balaban J connectivity index is 2.78. The summed E-state index contributed by atoms with van der Waals surface area (Å²) in [6.45, 7) is 2.29. The number of aliphatic hydroxyl groups excluding tert-OH is 1. The zero-order valence-electron chi connectivity index (χ0n) is 4.72. The lowest BCUT2D eigenvalue weighted by Gasteiger charge is -1.79. The standard InChI is InChI=1S/C6H12O/c1-2-3-4-5-6-7/h4-5,7H,2-3,6H2,1H3. The van der Waals surface area contributed by atoms with E-state index in [4.69, 9.17) is 5.11 Å². The van der Waals surface area contributed by atoms with Crippen molar-refractivity contribution < 1.29 is 5.11 Å². The van der Waals surface area contributed by atoms with Crippen molar-refractivity contribution in [3.63, 3.8) is 0 Å². The van der Waals surface area contributed by atoms with E-state index in [1.807, 2.05) is 6.08 Å². The van der Waals surface area contributed by atoms with Crippen LogP contribution in [0, 0.1) is 0 Å². The zero-order valence-corrected chi connectivity index (χ0v) is 4.72. The summed E-state index contributed by atoms with van der Waals surface area (Å²) in [7, 11) is 0. The van der Waals surface area contributed by atoms with Gasteiger partial charge in [-0.25, -0.2) is 0 Å². The fourth-order valence-corrected chi connectivity index (χ4v) is 0.359. The Morgan fingerprint density at radius 3 is 2.57 bits per heavy atom. The Labute approximate surface area is 44.7 Å². The molecule has 0 saturated carbocycles. The molecular formula is C6H12O. The van der Waals surface area contributed by atoms with Crippen molar-refractivity contribution in [2.75, 3.05) is 6.61 Å². The smallest absolute Gasteiger partial charge is 0.0612 e. The topological polar surface area (TPSA) is 20.2 Å². The van der Waals surface area contributed by atoms with Gasteiger partial charge in [-0.2, -0.15) is 0 Å². The molecule has 0 aromatic carbocycles. The summed E-state index contributed by atoms with van der Waals surface area (Å²) in [5.41, 5.74) is 0. The van der Waals surface area contributed by atoms with Gasteiger partial charge in [-0.05, 0) is 6.42 Å². The van der Waals surface area contributed by atoms with Crippen LogP contribution in [-0.4, -0.2) is 11.7 Å². The molecule has 1 nitrogen and oxygen atoms in total. The molecule has 0 saturated heterocycles. The van der Waals surface area contributed by atoms with Crippen molar-refractivity contribution in [3.8, 4) is 0 Å². The van der Waals surface area contributed by atoms with Gasteiger partial charge in [0, 0.05) is 0 Å². The summed E-state index contributed by atoms with van der Waals surface area (Å²) in [6, 6.07) is 0. The minimum Gasteiger partial charge on any atom is -0.392 e. The summed E-state index contributed by atoms with van der Waals surface area (Å²) < 4.78 is 0. The van der Waals surface area contributed by atoms with Crippen LogP contribution in [0.1, 0.15) is 19.8 Å². The molecule has 0 aliphatic rings. The van der Waals surface area contributed by atoms with Crippen molar-refractivity contribution in [1.29, 1.82) is 0 Å². The normalized spacial score (nSPS) is 10.6. The maximum atomic E-state index is 8.21. The van der Waals surface area contributed by atoms with Crippen molar-refractivity contribution in [1.82, 2.24) is 0 Å². The Hall–Kier alpha value is -0.300. The molecule has 42 valence electrons. The highest BCUT2D eigenvalue weighted by Gasteiger charge is 1.68. The molecule has 0 spiro atoms. The maximum absolute atomic E-state index is 8.21. The van der Waals surface area contributed by atoms with E-state index in [0.717, 1.165) is 12.8 Å². The fraction of sp³-hybridized carbons (Fsp3) is 0.667. The lowest BCUT2D eigenvalue weighted by atomic mass is 10.3. The Morgan fingerprint density at radius 2 is 2.14 bits per heavy atom. The predicted molar refractivity (Wildman–Crippen MR) is 31.1 cm³/mol. The average Bonchev–Trinajstić information content (AvgIpc) is 1.69. The second-order valence-corrected chi connectivity index (χ2v) is 1.44. The van der Waals surface area contributed by atoms with Gasteiger partial charge in [-0.3, -0.25) is 0 Å². The van der Waals surface area contributed by atoms with E-state index in [2.05, 4.69) is 6.92 Å². The average molecular weight is 100 g/mol. The number of aliphatic hydroxyl groups is 1. The van der Waals surface area contributed by atoms with Crippen LogP contribution in [0.5, 0.6) is 0 Å². The van der Waals surface area contributed by atoms with Crippen molar-refractivity contribution >= 4 is 0 Å². The molecule has 0 atom stereocenters. The van der Waals surface area contributed by atoms with Crippen molar-refractivity contribution in [2.24, 2.45) is 0 Å². The number of hydrogen-bond donors (Lipinski definition) is 1.